The van der Waals surface area contributed by atoms with Crippen LogP contribution >= 0.6 is 11.6 Å². The van der Waals surface area contributed by atoms with Gasteiger partial charge < -0.3 is 9.30 Å². The van der Waals surface area contributed by atoms with Crippen LogP contribution in [0.1, 0.15) is 5.82 Å². The Morgan fingerprint density at radius 3 is 2.85 bits per heavy atom. The molecule has 2 aromatic rings. The zero-order valence-electron chi connectivity index (χ0n) is 10.7. The standard InChI is InChI=1S/C13H14ClF3N2O/c14-4-3-13-18-10-7-9(15)1-2-11(10)19(13)5-6-20-8-12(16)17/h1-2,7,12H,3-6,8H2. The first kappa shape index (κ1) is 15.1. The molecule has 2 rings (SSSR count). The van der Waals surface area contributed by atoms with Gasteiger partial charge in [-0.05, 0) is 12.1 Å². The van der Waals surface area contributed by atoms with Crippen LogP contribution < -0.4 is 0 Å². The molecule has 1 heterocycles. The summed E-state index contributed by atoms with van der Waals surface area (Å²) in [6.07, 6.45) is -1.96. The van der Waals surface area contributed by atoms with Gasteiger partial charge in [0.25, 0.3) is 6.43 Å². The molecular formula is C13H14ClF3N2O. The summed E-state index contributed by atoms with van der Waals surface area (Å²) in [5.74, 6) is 0.707. The van der Waals surface area contributed by atoms with Crippen molar-refractivity contribution >= 4 is 22.6 Å². The number of hydrogen-bond donors (Lipinski definition) is 0. The van der Waals surface area contributed by atoms with Gasteiger partial charge in [0.15, 0.2) is 0 Å². The monoisotopic (exact) mass is 306 g/mol. The van der Waals surface area contributed by atoms with E-state index in [0.717, 1.165) is 5.52 Å². The van der Waals surface area contributed by atoms with E-state index in [1.165, 1.54) is 12.1 Å². The quantitative estimate of drug-likeness (QED) is 0.580. The van der Waals surface area contributed by atoms with Gasteiger partial charge in [-0.15, -0.1) is 11.6 Å². The third kappa shape index (κ3) is 3.64. The Bertz CT molecular complexity index is 574. The summed E-state index contributed by atoms with van der Waals surface area (Å²) in [5, 5.41) is 0. The second-order valence-corrected chi connectivity index (χ2v) is 4.60. The zero-order chi connectivity index (χ0) is 14.5. The van der Waals surface area contributed by atoms with Gasteiger partial charge in [0, 0.05) is 24.9 Å². The van der Waals surface area contributed by atoms with E-state index in [9.17, 15) is 13.2 Å². The molecular weight excluding hydrogens is 293 g/mol. The van der Waals surface area contributed by atoms with E-state index in [-0.39, 0.29) is 12.4 Å². The van der Waals surface area contributed by atoms with Crippen LogP contribution in [0.5, 0.6) is 0 Å². The highest BCUT2D eigenvalue weighted by molar-refractivity contribution is 6.17. The number of hydrogen-bond acceptors (Lipinski definition) is 2. The lowest BCUT2D eigenvalue weighted by atomic mass is 10.3. The molecule has 110 valence electrons. The van der Waals surface area contributed by atoms with Crippen molar-refractivity contribution in [3.05, 3.63) is 29.8 Å². The molecule has 20 heavy (non-hydrogen) atoms. The van der Waals surface area contributed by atoms with Crippen molar-refractivity contribution in [2.24, 2.45) is 0 Å². The molecule has 1 aromatic heterocycles. The lowest BCUT2D eigenvalue weighted by molar-refractivity contribution is 0.0148. The van der Waals surface area contributed by atoms with E-state index in [1.807, 2.05) is 4.57 Å². The van der Waals surface area contributed by atoms with Crippen LogP contribution in [0.4, 0.5) is 13.2 Å². The van der Waals surface area contributed by atoms with Crippen LogP contribution in [0, 0.1) is 5.82 Å². The maximum Gasteiger partial charge on any atom is 0.261 e. The van der Waals surface area contributed by atoms with Crippen molar-refractivity contribution in [1.82, 2.24) is 9.55 Å². The van der Waals surface area contributed by atoms with Gasteiger partial charge in [-0.1, -0.05) is 0 Å². The molecule has 0 amide bonds. The molecule has 0 aliphatic carbocycles. The fourth-order valence-corrected chi connectivity index (χ4v) is 2.17. The number of nitrogens with zero attached hydrogens (tertiary/aromatic N) is 2. The number of ether oxygens (including phenoxy) is 1. The first-order valence-electron chi connectivity index (χ1n) is 6.18. The molecule has 0 fully saturated rings. The number of halogens is 4. The van der Waals surface area contributed by atoms with Crippen LogP contribution in [-0.4, -0.2) is 35.1 Å². The number of benzene rings is 1. The van der Waals surface area contributed by atoms with Crippen molar-refractivity contribution in [2.45, 2.75) is 19.4 Å². The van der Waals surface area contributed by atoms with Crippen molar-refractivity contribution < 1.29 is 17.9 Å². The van der Waals surface area contributed by atoms with E-state index >= 15 is 0 Å². The Balaban J connectivity index is 2.17. The van der Waals surface area contributed by atoms with E-state index < -0.39 is 13.0 Å². The summed E-state index contributed by atoms with van der Waals surface area (Å²) in [6.45, 7) is -0.0738. The summed E-state index contributed by atoms with van der Waals surface area (Å²) >= 11 is 5.71. The maximum absolute atomic E-state index is 13.2. The topological polar surface area (TPSA) is 27.1 Å². The summed E-state index contributed by atoms with van der Waals surface area (Å²) in [4.78, 5) is 4.31. The van der Waals surface area contributed by atoms with Gasteiger partial charge >= 0.3 is 0 Å². The largest absolute Gasteiger partial charge is 0.374 e. The smallest absolute Gasteiger partial charge is 0.261 e. The summed E-state index contributed by atoms with van der Waals surface area (Å²) in [5.41, 5.74) is 1.27. The molecule has 0 atom stereocenters. The molecule has 0 unspecified atom stereocenters. The molecule has 7 heteroatoms. The molecule has 1 aromatic carbocycles. The predicted octanol–water partition coefficient (Wildman–Crippen LogP) is 3.24. The molecule has 0 radical (unpaired) electrons. The predicted molar refractivity (Wildman–Crippen MR) is 70.9 cm³/mol. The minimum Gasteiger partial charge on any atom is -0.374 e. The fraction of sp³-hybridized carbons (Fsp3) is 0.462. The second kappa shape index (κ2) is 6.95. The minimum atomic E-state index is -2.48. The molecule has 0 saturated heterocycles. The Labute approximate surface area is 119 Å². The fourth-order valence-electron chi connectivity index (χ4n) is 2.01. The number of rotatable bonds is 7. The second-order valence-electron chi connectivity index (χ2n) is 4.22. The average Bonchev–Trinajstić information content (AvgIpc) is 2.72. The van der Waals surface area contributed by atoms with Crippen LogP contribution in [0.3, 0.4) is 0 Å². The van der Waals surface area contributed by atoms with E-state index in [4.69, 9.17) is 16.3 Å². The highest BCUT2D eigenvalue weighted by atomic mass is 35.5. The van der Waals surface area contributed by atoms with E-state index in [2.05, 4.69) is 4.98 Å². The molecule has 0 aliphatic heterocycles. The Kier molecular flexibility index (Phi) is 5.25. The molecule has 0 bridgehead atoms. The third-order valence-corrected chi connectivity index (χ3v) is 3.00. The number of aryl methyl sites for hydroxylation is 1. The Morgan fingerprint density at radius 2 is 2.15 bits per heavy atom. The summed E-state index contributed by atoms with van der Waals surface area (Å²) < 4.78 is 43.9. The van der Waals surface area contributed by atoms with Gasteiger partial charge in [-0.3, -0.25) is 0 Å². The Morgan fingerprint density at radius 1 is 1.35 bits per heavy atom. The minimum absolute atomic E-state index is 0.141. The third-order valence-electron chi connectivity index (χ3n) is 2.81. The Hall–Kier alpha value is -1.27. The maximum atomic E-state index is 13.2. The molecule has 0 aliphatic rings. The first-order chi connectivity index (χ1) is 9.61. The van der Waals surface area contributed by atoms with Gasteiger partial charge in [-0.2, -0.15) is 0 Å². The molecule has 0 spiro atoms. The number of fused-ring (bicyclic) bond motifs is 1. The lowest BCUT2D eigenvalue weighted by Gasteiger charge is -2.09. The SMILES string of the molecule is Fc1ccc2c(c1)nc(CCCl)n2CCOCC(F)F. The highest BCUT2D eigenvalue weighted by Gasteiger charge is 2.11. The highest BCUT2D eigenvalue weighted by Crippen LogP contribution is 2.18. The van der Waals surface area contributed by atoms with E-state index in [1.54, 1.807) is 6.07 Å². The van der Waals surface area contributed by atoms with Crippen molar-refractivity contribution in [3.63, 3.8) is 0 Å². The number of aromatic nitrogens is 2. The van der Waals surface area contributed by atoms with Crippen molar-refractivity contribution in [3.8, 4) is 0 Å². The van der Waals surface area contributed by atoms with Gasteiger partial charge in [0.05, 0.1) is 17.6 Å². The number of imidazole rings is 1. The van der Waals surface area contributed by atoms with E-state index in [0.29, 0.717) is 30.2 Å². The van der Waals surface area contributed by atoms with Crippen molar-refractivity contribution in [1.29, 1.82) is 0 Å². The van der Waals surface area contributed by atoms with Crippen molar-refractivity contribution in [2.75, 3.05) is 19.1 Å². The lowest BCUT2D eigenvalue weighted by Crippen LogP contribution is -2.13. The average molecular weight is 307 g/mol. The van der Waals surface area contributed by atoms with Crippen LogP contribution in [-0.2, 0) is 17.7 Å². The van der Waals surface area contributed by atoms with Crippen LogP contribution in [0.25, 0.3) is 11.0 Å². The molecule has 3 nitrogen and oxygen atoms in total. The van der Waals surface area contributed by atoms with Crippen LogP contribution in [0.2, 0.25) is 0 Å². The van der Waals surface area contributed by atoms with Gasteiger partial charge in [-0.25, -0.2) is 18.2 Å². The zero-order valence-corrected chi connectivity index (χ0v) is 11.4. The number of alkyl halides is 3. The van der Waals surface area contributed by atoms with Crippen LogP contribution in [0.15, 0.2) is 18.2 Å². The molecule has 0 N–H and O–H groups in total. The summed E-state index contributed by atoms with van der Waals surface area (Å²) in [6, 6.07) is 4.29. The van der Waals surface area contributed by atoms with Gasteiger partial charge in [0.1, 0.15) is 18.2 Å². The molecule has 0 saturated carbocycles. The normalized spacial score (nSPS) is 11.7. The first-order valence-corrected chi connectivity index (χ1v) is 6.72. The van der Waals surface area contributed by atoms with Gasteiger partial charge in [0.2, 0.25) is 0 Å². The summed E-state index contributed by atoms with van der Waals surface area (Å²) in [7, 11) is 0.